The van der Waals surface area contributed by atoms with Gasteiger partial charge in [-0.05, 0) is 24.3 Å². The van der Waals surface area contributed by atoms with Gasteiger partial charge in [0, 0.05) is 18.2 Å². The highest BCUT2D eigenvalue weighted by molar-refractivity contribution is 5.91. The molecular weight excluding hydrogens is 338 g/mol. The third-order valence-electron chi connectivity index (χ3n) is 4.10. The zero-order valence-electron chi connectivity index (χ0n) is 13.7. The van der Waals surface area contributed by atoms with Crippen molar-refractivity contribution in [1.82, 2.24) is 9.78 Å². The molecule has 8 heteroatoms. The second-order valence-corrected chi connectivity index (χ2v) is 5.81. The average molecular weight is 353 g/mol. The number of ether oxygens (including phenoxy) is 2. The Morgan fingerprint density at radius 3 is 2.69 bits per heavy atom. The van der Waals surface area contributed by atoms with Crippen LogP contribution in [0.15, 0.2) is 52.1 Å². The zero-order chi connectivity index (χ0) is 18.1. The smallest absolute Gasteiger partial charge is 0.273 e. The largest absolute Gasteiger partial charge is 0.454 e. The van der Waals surface area contributed by atoms with Gasteiger partial charge in [-0.25, -0.2) is 4.68 Å². The fourth-order valence-electron chi connectivity index (χ4n) is 2.82. The maximum atomic E-state index is 12.4. The van der Waals surface area contributed by atoms with E-state index in [4.69, 9.17) is 9.47 Å². The van der Waals surface area contributed by atoms with E-state index in [1.54, 1.807) is 42.5 Å². The number of carbonyl (C=O) groups is 1. The number of aryl methyl sites for hydroxylation is 1. The van der Waals surface area contributed by atoms with Crippen LogP contribution in [0.5, 0.6) is 11.5 Å². The Bertz CT molecular complexity index is 1120. The van der Waals surface area contributed by atoms with Gasteiger partial charge in [0.2, 0.25) is 12.7 Å². The maximum Gasteiger partial charge on any atom is 0.273 e. The van der Waals surface area contributed by atoms with Crippen molar-refractivity contribution in [3.8, 4) is 11.5 Å². The summed E-state index contributed by atoms with van der Waals surface area (Å²) in [6, 6.07) is 11.7. The molecule has 1 aliphatic heterocycles. The van der Waals surface area contributed by atoms with Gasteiger partial charge in [0.1, 0.15) is 0 Å². The molecule has 4 rings (SSSR count). The molecule has 3 aromatic rings. The molecule has 26 heavy (non-hydrogen) atoms. The summed E-state index contributed by atoms with van der Waals surface area (Å²) in [6.45, 7) is 0.222. The minimum Gasteiger partial charge on any atom is -0.454 e. The van der Waals surface area contributed by atoms with Gasteiger partial charge in [0.25, 0.3) is 11.1 Å². The Balaban J connectivity index is 1.48. The summed E-state index contributed by atoms with van der Waals surface area (Å²) < 4.78 is 11.6. The van der Waals surface area contributed by atoms with Crippen molar-refractivity contribution in [2.75, 3.05) is 12.1 Å². The van der Waals surface area contributed by atoms with Gasteiger partial charge in [-0.2, -0.15) is 0 Å². The Kier molecular flexibility index (Phi) is 3.92. The number of nitrogens with zero attached hydrogens (tertiary/aromatic N) is 1. The number of rotatable bonds is 4. The minimum atomic E-state index is -0.364. The second kappa shape index (κ2) is 6.40. The number of nitrogens with one attached hydrogen (secondary N) is 2. The van der Waals surface area contributed by atoms with E-state index in [1.165, 1.54) is 0 Å². The maximum absolute atomic E-state index is 12.4. The molecule has 1 aromatic heterocycles. The third-order valence-corrected chi connectivity index (χ3v) is 4.10. The number of benzene rings is 2. The molecule has 8 nitrogen and oxygen atoms in total. The van der Waals surface area contributed by atoms with Crippen molar-refractivity contribution < 1.29 is 14.3 Å². The fraction of sp³-hybridized carbons (Fsp3) is 0.167. The molecule has 0 bridgehead atoms. The number of anilines is 1. The first-order chi connectivity index (χ1) is 12.6. The molecule has 0 aliphatic carbocycles. The van der Waals surface area contributed by atoms with Crippen molar-refractivity contribution in [1.29, 1.82) is 0 Å². The van der Waals surface area contributed by atoms with E-state index in [0.29, 0.717) is 28.0 Å². The molecule has 0 atom stereocenters. The minimum absolute atomic E-state index is 0.0304. The molecular formula is C18H15N3O5. The van der Waals surface area contributed by atoms with Gasteiger partial charge in [-0.15, -0.1) is 0 Å². The third kappa shape index (κ3) is 2.92. The van der Waals surface area contributed by atoms with Crippen LogP contribution < -0.4 is 25.9 Å². The van der Waals surface area contributed by atoms with Gasteiger partial charge in [0.05, 0.1) is 17.3 Å². The van der Waals surface area contributed by atoms with Crippen molar-refractivity contribution in [3.05, 3.63) is 63.2 Å². The highest BCUT2D eigenvalue weighted by Gasteiger charge is 2.14. The highest BCUT2D eigenvalue weighted by atomic mass is 16.7. The summed E-state index contributed by atoms with van der Waals surface area (Å²) in [5.41, 5.74) is -0.133. The van der Waals surface area contributed by atoms with Crippen LogP contribution in [0, 0.1) is 0 Å². The Labute approximate surface area is 147 Å². The molecule has 1 aliphatic rings. The van der Waals surface area contributed by atoms with Crippen LogP contribution in [0.2, 0.25) is 0 Å². The number of H-pyrrole nitrogens is 1. The lowest BCUT2D eigenvalue weighted by Crippen LogP contribution is -2.31. The summed E-state index contributed by atoms with van der Waals surface area (Å²) in [5.74, 6) is 0.908. The van der Waals surface area contributed by atoms with Crippen LogP contribution in [-0.2, 0) is 11.3 Å². The number of hydrogen-bond acceptors (Lipinski definition) is 5. The molecule has 0 saturated carbocycles. The van der Waals surface area contributed by atoms with Crippen molar-refractivity contribution in [2.24, 2.45) is 0 Å². The number of fused-ring (bicyclic) bond motifs is 2. The van der Waals surface area contributed by atoms with Gasteiger partial charge in [0.15, 0.2) is 11.5 Å². The van der Waals surface area contributed by atoms with E-state index in [9.17, 15) is 14.4 Å². The first kappa shape index (κ1) is 15.9. The Morgan fingerprint density at radius 1 is 1.08 bits per heavy atom. The number of aromatic nitrogens is 2. The number of amides is 1. The lowest BCUT2D eigenvalue weighted by atomic mass is 10.2. The molecule has 0 fully saturated rings. The van der Waals surface area contributed by atoms with Crippen LogP contribution in [0.1, 0.15) is 6.42 Å². The standard InChI is InChI=1S/C18H15N3O5/c22-16(19-11-5-6-14-15(9-11)26-10-25-14)7-8-21-18(24)13-4-2-1-3-12(13)17(23)20-21/h1-6,9H,7-8,10H2,(H,19,22)(H,20,23). The Hall–Kier alpha value is -3.55. The molecule has 1 amide bonds. The number of aromatic amines is 1. The first-order valence-electron chi connectivity index (χ1n) is 8.03. The quantitative estimate of drug-likeness (QED) is 0.739. The van der Waals surface area contributed by atoms with Crippen LogP contribution in [0.25, 0.3) is 10.8 Å². The Morgan fingerprint density at radius 2 is 1.85 bits per heavy atom. The van der Waals surface area contributed by atoms with Gasteiger partial charge in [-0.1, -0.05) is 12.1 Å². The second-order valence-electron chi connectivity index (χ2n) is 5.81. The van der Waals surface area contributed by atoms with E-state index < -0.39 is 0 Å². The SMILES string of the molecule is O=C(CCn1[nH]c(=O)c2ccccc2c1=O)Nc1ccc2c(c1)OCO2. The van der Waals surface area contributed by atoms with Gasteiger partial charge < -0.3 is 14.8 Å². The first-order valence-corrected chi connectivity index (χ1v) is 8.03. The van der Waals surface area contributed by atoms with Crippen LogP contribution in [0.4, 0.5) is 5.69 Å². The highest BCUT2D eigenvalue weighted by Crippen LogP contribution is 2.34. The van der Waals surface area contributed by atoms with E-state index in [0.717, 1.165) is 4.68 Å². The van der Waals surface area contributed by atoms with E-state index in [2.05, 4.69) is 10.4 Å². The lowest BCUT2D eigenvalue weighted by Gasteiger charge is -2.08. The van der Waals surface area contributed by atoms with Gasteiger partial charge >= 0.3 is 0 Å². The van der Waals surface area contributed by atoms with Crippen LogP contribution >= 0.6 is 0 Å². The topological polar surface area (TPSA) is 102 Å². The molecule has 2 aromatic carbocycles. The predicted octanol–water partition coefficient (Wildman–Crippen LogP) is 1.45. The van der Waals surface area contributed by atoms with Gasteiger partial charge in [-0.3, -0.25) is 19.5 Å². The van der Waals surface area contributed by atoms with Crippen molar-refractivity contribution in [2.45, 2.75) is 13.0 Å². The molecule has 0 saturated heterocycles. The summed E-state index contributed by atoms with van der Waals surface area (Å²) in [4.78, 5) is 36.6. The number of hydrogen-bond donors (Lipinski definition) is 2. The molecule has 2 heterocycles. The average Bonchev–Trinajstić information content (AvgIpc) is 3.11. The normalized spacial score (nSPS) is 12.3. The van der Waals surface area contributed by atoms with E-state index in [-0.39, 0.29) is 36.8 Å². The lowest BCUT2D eigenvalue weighted by molar-refractivity contribution is -0.116. The summed E-state index contributed by atoms with van der Waals surface area (Å²) in [5, 5.41) is 5.89. The predicted molar refractivity (Wildman–Crippen MR) is 94.6 cm³/mol. The van der Waals surface area contributed by atoms with E-state index in [1.807, 2.05) is 0 Å². The molecule has 0 radical (unpaired) electrons. The van der Waals surface area contributed by atoms with Crippen molar-refractivity contribution in [3.63, 3.8) is 0 Å². The molecule has 132 valence electrons. The van der Waals surface area contributed by atoms with Crippen LogP contribution in [-0.4, -0.2) is 22.5 Å². The summed E-state index contributed by atoms with van der Waals surface area (Å²) >= 11 is 0. The molecule has 0 spiro atoms. The summed E-state index contributed by atoms with van der Waals surface area (Å²) in [7, 11) is 0. The fourth-order valence-corrected chi connectivity index (χ4v) is 2.82. The monoisotopic (exact) mass is 353 g/mol. The number of carbonyl (C=O) groups excluding carboxylic acids is 1. The zero-order valence-corrected chi connectivity index (χ0v) is 13.7. The van der Waals surface area contributed by atoms with Crippen LogP contribution in [0.3, 0.4) is 0 Å². The molecule has 2 N–H and O–H groups in total. The van der Waals surface area contributed by atoms with E-state index >= 15 is 0 Å². The van der Waals surface area contributed by atoms with Crippen molar-refractivity contribution >= 4 is 22.4 Å². The molecule has 0 unspecified atom stereocenters. The summed E-state index contributed by atoms with van der Waals surface area (Å²) in [6.07, 6.45) is 0.0304.